The van der Waals surface area contributed by atoms with Crippen molar-refractivity contribution in [1.29, 1.82) is 5.26 Å². The van der Waals surface area contributed by atoms with Gasteiger partial charge in [0.15, 0.2) is 5.41 Å². The smallest absolute Gasteiger partial charge is 0.327 e. The van der Waals surface area contributed by atoms with Crippen molar-refractivity contribution >= 4 is 5.97 Å². The number of hydrogen-bond acceptors (Lipinski definition) is 3. The van der Waals surface area contributed by atoms with Crippen molar-refractivity contribution in [3.05, 3.63) is 48.6 Å². The topological polar surface area (TPSA) is 50.1 Å². The molecule has 0 aliphatic heterocycles. The number of benzene rings is 1. The van der Waals surface area contributed by atoms with Gasteiger partial charge in [0.1, 0.15) is 0 Å². The molecule has 0 saturated heterocycles. The lowest BCUT2D eigenvalue weighted by molar-refractivity contribution is -0.152. The van der Waals surface area contributed by atoms with Crippen LogP contribution in [0.2, 0.25) is 0 Å². The zero-order valence-corrected chi connectivity index (χ0v) is 11.4. The highest BCUT2D eigenvalue weighted by molar-refractivity contribution is 5.81. The van der Waals surface area contributed by atoms with Gasteiger partial charge >= 0.3 is 5.97 Å². The maximum Gasteiger partial charge on any atom is 0.327 e. The molecule has 0 N–H and O–H groups in total. The number of esters is 1. The maximum absolute atomic E-state index is 12.2. The molecule has 1 aromatic carbocycles. The number of nitrogens with zero attached hydrogens (tertiary/aromatic N) is 1. The summed E-state index contributed by atoms with van der Waals surface area (Å²) in [5, 5.41) is 9.54. The van der Waals surface area contributed by atoms with E-state index < -0.39 is 11.4 Å². The van der Waals surface area contributed by atoms with Crippen molar-refractivity contribution in [3.8, 4) is 6.07 Å². The molecule has 1 rings (SSSR count). The van der Waals surface area contributed by atoms with Crippen LogP contribution in [0, 0.1) is 16.7 Å². The van der Waals surface area contributed by atoms with Crippen LogP contribution < -0.4 is 0 Å². The van der Waals surface area contributed by atoms with Crippen LogP contribution in [0.1, 0.15) is 31.7 Å². The molecule has 0 heterocycles. The summed E-state index contributed by atoms with van der Waals surface area (Å²) in [5.74, 6) is -0.732. The average molecular weight is 257 g/mol. The van der Waals surface area contributed by atoms with Gasteiger partial charge in [-0.25, -0.2) is 0 Å². The summed E-state index contributed by atoms with van der Waals surface area (Å²) in [5.41, 5.74) is -0.266. The molecule has 19 heavy (non-hydrogen) atoms. The van der Waals surface area contributed by atoms with E-state index in [2.05, 4.69) is 12.6 Å². The highest BCUT2D eigenvalue weighted by Gasteiger charge is 2.45. The van der Waals surface area contributed by atoms with Crippen LogP contribution in [0.15, 0.2) is 43.0 Å². The molecule has 0 saturated carbocycles. The number of allylic oxidation sites excluding steroid dienone is 1. The molecule has 0 unspecified atom stereocenters. The second-order valence-electron chi connectivity index (χ2n) is 4.43. The van der Waals surface area contributed by atoms with E-state index in [0.29, 0.717) is 0 Å². The summed E-state index contributed by atoms with van der Waals surface area (Å²) in [6.45, 7) is 7.53. The van der Waals surface area contributed by atoms with Gasteiger partial charge in [-0.1, -0.05) is 43.3 Å². The molecular weight excluding hydrogens is 238 g/mol. The van der Waals surface area contributed by atoms with Crippen molar-refractivity contribution in [2.45, 2.75) is 26.2 Å². The molecule has 2 atom stereocenters. The molecule has 0 radical (unpaired) electrons. The minimum absolute atomic E-state index is 0.254. The molecule has 0 fully saturated rings. The van der Waals surface area contributed by atoms with Crippen LogP contribution in [-0.2, 0) is 9.53 Å². The van der Waals surface area contributed by atoms with Gasteiger partial charge in [-0.3, -0.25) is 4.79 Å². The van der Waals surface area contributed by atoms with E-state index in [1.165, 1.54) is 0 Å². The molecule has 0 amide bonds. The third-order valence-corrected chi connectivity index (χ3v) is 3.34. The van der Waals surface area contributed by atoms with Gasteiger partial charge in [-0.05, 0) is 18.9 Å². The first kappa shape index (κ1) is 15.0. The fraction of sp³-hybridized carbons (Fsp3) is 0.375. The van der Waals surface area contributed by atoms with Gasteiger partial charge in [0.05, 0.1) is 12.7 Å². The quantitative estimate of drug-likeness (QED) is 0.579. The zero-order valence-electron chi connectivity index (χ0n) is 11.4. The second-order valence-corrected chi connectivity index (χ2v) is 4.43. The molecule has 0 spiro atoms. The van der Waals surface area contributed by atoms with Crippen molar-refractivity contribution < 1.29 is 9.53 Å². The molecule has 100 valence electrons. The van der Waals surface area contributed by atoms with Gasteiger partial charge < -0.3 is 4.74 Å². The summed E-state index contributed by atoms with van der Waals surface area (Å²) in [6.07, 6.45) is 1.87. The highest BCUT2D eigenvalue weighted by Crippen LogP contribution is 2.40. The Morgan fingerprint density at radius 2 is 2.16 bits per heavy atom. The molecular formula is C16H19NO2. The summed E-state index contributed by atoms with van der Waals surface area (Å²) in [7, 11) is 0. The molecule has 0 aliphatic carbocycles. The number of rotatable bonds is 6. The number of ether oxygens (including phenoxy) is 1. The molecule has 0 aromatic heterocycles. The van der Waals surface area contributed by atoms with Crippen LogP contribution in [0.25, 0.3) is 0 Å². The van der Waals surface area contributed by atoms with Crippen molar-refractivity contribution in [3.63, 3.8) is 0 Å². The Morgan fingerprint density at radius 1 is 1.53 bits per heavy atom. The van der Waals surface area contributed by atoms with Crippen LogP contribution in [0.4, 0.5) is 0 Å². The first-order valence-corrected chi connectivity index (χ1v) is 6.36. The SMILES string of the molecule is C=CC[C@@](C#N)(C(=O)OCC)[C@@H](C)c1ccccc1. The fourth-order valence-electron chi connectivity index (χ4n) is 2.14. The maximum atomic E-state index is 12.2. The standard InChI is InChI=1S/C16H19NO2/c1-4-11-16(12-17,15(18)19-5-2)13(3)14-9-7-6-8-10-14/h4,6-10,13H,1,5,11H2,2-3H3/t13-,16-/m0/s1. The Hall–Kier alpha value is -2.08. The Bertz CT molecular complexity index is 475. The summed E-state index contributed by atoms with van der Waals surface area (Å²) >= 11 is 0. The minimum atomic E-state index is -1.21. The Balaban J connectivity index is 3.20. The van der Waals surface area contributed by atoms with Crippen LogP contribution in [0.5, 0.6) is 0 Å². The van der Waals surface area contributed by atoms with Crippen molar-refractivity contribution in [2.24, 2.45) is 5.41 Å². The fourth-order valence-corrected chi connectivity index (χ4v) is 2.14. The zero-order chi connectivity index (χ0) is 14.3. The van der Waals surface area contributed by atoms with Crippen LogP contribution in [-0.4, -0.2) is 12.6 Å². The van der Waals surface area contributed by atoms with Crippen molar-refractivity contribution in [2.75, 3.05) is 6.61 Å². The number of carbonyl (C=O) groups is 1. The van der Waals surface area contributed by atoms with Gasteiger partial charge in [0, 0.05) is 5.92 Å². The Kier molecular flexibility index (Phi) is 5.32. The van der Waals surface area contributed by atoms with Crippen LogP contribution in [0.3, 0.4) is 0 Å². The lowest BCUT2D eigenvalue weighted by atomic mass is 9.71. The highest BCUT2D eigenvalue weighted by atomic mass is 16.5. The van der Waals surface area contributed by atoms with E-state index >= 15 is 0 Å². The van der Waals surface area contributed by atoms with Crippen LogP contribution >= 0.6 is 0 Å². The molecule has 3 heteroatoms. The molecule has 3 nitrogen and oxygen atoms in total. The predicted molar refractivity (Wildman–Crippen MR) is 74.4 cm³/mol. The normalized spacial score (nSPS) is 14.8. The lowest BCUT2D eigenvalue weighted by Gasteiger charge is -2.29. The summed E-state index contributed by atoms with van der Waals surface area (Å²) < 4.78 is 5.08. The Morgan fingerprint density at radius 3 is 2.63 bits per heavy atom. The Labute approximate surface area is 114 Å². The van der Waals surface area contributed by atoms with E-state index in [1.807, 2.05) is 37.3 Å². The summed E-state index contributed by atoms with van der Waals surface area (Å²) in [4.78, 5) is 12.2. The van der Waals surface area contributed by atoms with E-state index in [-0.39, 0.29) is 18.9 Å². The third kappa shape index (κ3) is 3.03. The van der Waals surface area contributed by atoms with E-state index in [0.717, 1.165) is 5.56 Å². The van der Waals surface area contributed by atoms with Gasteiger partial charge in [0.25, 0.3) is 0 Å². The molecule has 0 aliphatic rings. The number of hydrogen-bond donors (Lipinski definition) is 0. The van der Waals surface area contributed by atoms with E-state index in [4.69, 9.17) is 4.74 Å². The van der Waals surface area contributed by atoms with Gasteiger partial charge in [-0.2, -0.15) is 5.26 Å². The largest absolute Gasteiger partial charge is 0.465 e. The third-order valence-electron chi connectivity index (χ3n) is 3.34. The van der Waals surface area contributed by atoms with E-state index in [9.17, 15) is 10.1 Å². The predicted octanol–water partition coefficient (Wildman–Crippen LogP) is 3.44. The van der Waals surface area contributed by atoms with E-state index in [1.54, 1.807) is 13.0 Å². The molecule has 0 bridgehead atoms. The van der Waals surface area contributed by atoms with Crippen molar-refractivity contribution in [1.82, 2.24) is 0 Å². The summed E-state index contributed by atoms with van der Waals surface area (Å²) in [6, 6.07) is 11.7. The average Bonchev–Trinajstić information content (AvgIpc) is 2.45. The van der Waals surface area contributed by atoms with Gasteiger partial charge in [-0.15, -0.1) is 6.58 Å². The van der Waals surface area contributed by atoms with Gasteiger partial charge in [0.2, 0.25) is 0 Å². The number of carbonyl (C=O) groups excluding carboxylic acids is 1. The molecule has 1 aromatic rings. The second kappa shape index (κ2) is 6.75. The monoisotopic (exact) mass is 257 g/mol. The lowest BCUT2D eigenvalue weighted by Crippen LogP contribution is -2.36. The number of nitriles is 1. The minimum Gasteiger partial charge on any atom is -0.465 e. The first-order valence-electron chi connectivity index (χ1n) is 6.36. The first-order chi connectivity index (χ1) is 9.12.